The topological polar surface area (TPSA) is 15.3 Å². The van der Waals surface area contributed by atoms with Crippen LogP contribution < -0.4 is 5.32 Å². The van der Waals surface area contributed by atoms with Crippen LogP contribution in [0.5, 0.6) is 0 Å². The second-order valence-electron chi connectivity index (χ2n) is 20.2. The molecule has 1 N–H and O–H groups in total. The second kappa shape index (κ2) is 43.4. The summed E-state index contributed by atoms with van der Waals surface area (Å²) in [6.07, 6.45) is 67.4. The summed E-state index contributed by atoms with van der Waals surface area (Å²) in [4.78, 5) is 2.62. The molecule has 1 aliphatic heterocycles. The zero-order chi connectivity index (χ0) is 41.1. The average Bonchev–Trinajstić information content (AvgIpc) is 3.75. The fourth-order valence-corrected chi connectivity index (χ4v) is 9.79. The van der Waals surface area contributed by atoms with E-state index in [4.69, 9.17) is 0 Å². The van der Waals surface area contributed by atoms with Gasteiger partial charge in [0.05, 0.1) is 6.67 Å². The first-order chi connectivity index (χ1) is 28.1. The van der Waals surface area contributed by atoms with Gasteiger partial charge in [-0.1, -0.05) is 291 Å². The minimum atomic E-state index is 0.725. The van der Waals surface area contributed by atoms with Gasteiger partial charge in [0.1, 0.15) is 0 Å². The van der Waals surface area contributed by atoms with Crippen molar-refractivity contribution in [2.75, 3.05) is 6.67 Å². The summed E-state index contributed by atoms with van der Waals surface area (Å²) in [7, 11) is 0. The lowest BCUT2D eigenvalue weighted by molar-refractivity contribution is 0.234. The summed E-state index contributed by atoms with van der Waals surface area (Å²) in [6, 6.07) is 0.725. The molecule has 2 heteroatoms. The van der Waals surface area contributed by atoms with Crippen molar-refractivity contribution >= 4 is 0 Å². The zero-order valence-electron chi connectivity index (χ0n) is 40.5. The van der Waals surface area contributed by atoms with Gasteiger partial charge in [-0.3, -0.25) is 0 Å². The quantitative estimate of drug-likeness (QED) is 0.0617. The van der Waals surface area contributed by atoms with E-state index in [0.717, 1.165) is 30.5 Å². The number of rotatable bonds is 47. The molecule has 2 unspecified atom stereocenters. The smallest absolute Gasteiger partial charge is 0.0870 e. The van der Waals surface area contributed by atoms with Crippen LogP contribution in [-0.2, 0) is 0 Å². The molecular formula is C55H110N2. The highest BCUT2D eigenvalue weighted by atomic mass is 15.3. The predicted molar refractivity (Wildman–Crippen MR) is 260 cm³/mol. The Morgan fingerprint density at radius 3 is 1.07 bits per heavy atom. The number of hydrogen-bond donors (Lipinski definition) is 1. The Morgan fingerprint density at radius 1 is 0.368 bits per heavy atom. The summed E-state index contributed by atoms with van der Waals surface area (Å²) >= 11 is 0. The monoisotopic (exact) mass is 799 g/mol. The van der Waals surface area contributed by atoms with E-state index in [1.807, 2.05) is 0 Å². The van der Waals surface area contributed by atoms with Crippen molar-refractivity contribution < 1.29 is 0 Å². The largest absolute Gasteiger partial charge is 0.373 e. The van der Waals surface area contributed by atoms with Crippen LogP contribution in [0.15, 0.2) is 12.4 Å². The average molecular weight is 799 g/mol. The lowest BCUT2D eigenvalue weighted by Crippen LogP contribution is -2.32. The van der Waals surface area contributed by atoms with Gasteiger partial charge < -0.3 is 10.2 Å². The minimum absolute atomic E-state index is 0.725. The molecule has 0 saturated heterocycles. The van der Waals surface area contributed by atoms with Crippen molar-refractivity contribution in [1.29, 1.82) is 0 Å². The fourth-order valence-electron chi connectivity index (χ4n) is 9.79. The second-order valence-corrected chi connectivity index (χ2v) is 20.2. The van der Waals surface area contributed by atoms with Crippen molar-refractivity contribution in [2.45, 2.75) is 317 Å². The molecule has 0 amide bonds. The van der Waals surface area contributed by atoms with Crippen LogP contribution in [-0.4, -0.2) is 17.6 Å². The van der Waals surface area contributed by atoms with Crippen LogP contribution in [0.4, 0.5) is 0 Å². The summed E-state index contributed by atoms with van der Waals surface area (Å²) in [5.74, 6) is 2.70. The molecule has 0 bridgehead atoms. The van der Waals surface area contributed by atoms with E-state index >= 15 is 0 Å². The van der Waals surface area contributed by atoms with Gasteiger partial charge in [0.15, 0.2) is 0 Å². The van der Waals surface area contributed by atoms with Crippen LogP contribution in [0, 0.1) is 17.8 Å². The first kappa shape index (κ1) is 54.4. The molecule has 0 saturated carbocycles. The lowest BCUT2D eigenvalue weighted by atomic mass is 9.88. The van der Waals surface area contributed by atoms with Gasteiger partial charge in [0.25, 0.3) is 0 Å². The van der Waals surface area contributed by atoms with E-state index in [1.54, 1.807) is 0 Å². The van der Waals surface area contributed by atoms with Crippen molar-refractivity contribution in [1.82, 2.24) is 10.2 Å². The Labute approximate surface area is 362 Å². The van der Waals surface area contributed by atoms with E-state index in [0.29, 0.717) is 0 Å². The molecule has 0 spiro atoms. The third kappa shape index (κ3) is 38.0. The number of unbranched alkanes of at least 4 members (excludes halogenated alkanes) is 31. The molecule has 0 radical (unpaired) electrons. The van der Waals surface area contributed by atoms with Crippen LogP contribution in [0.3, 0.4) is 0 Å². The summed E-state index contributed by atoms with van der Waals surface area (Å²) < 4.78 is 0. The van der Waals surface area contributed by atoms with Crippen molar-refractivity contribution in [3.63, 3.8) is 0 Å². The highest BCUT2D eigenvalue weighted by Crippen LogP contribution is 2.27. The molecule has 57 heavy (non-hydrogen) atoms. The Balaban J connectivity index is 2.30. The van der Waals surface area contributed by atoms with Gasteiger partial charge in [0, 0.05) is 18.4 Å². The van der Waals surface area contributed by atoms with E-state index in [9.17, 15) is 0 Å². The van der Waals surface area contributed by atoms with Gasteiger partial charge in [-0.2, -0.15) is 0 Å². The molecule has 1 aliphatic rings. The van der Waals surface area contributed by atoms with Gasteiger partial charge in [-0.25, -0.2) is 0 Å². The molecule has 1 heterocycles. The summed E-state index contributed by atoms with van der Waals surface area (Å²) in [6.45, 7) is 12.9. The van der Waals surface area contributed by atoms with E-state index < -0.39 is 0 Å². The molecule has 0 aromatic rings. The summed E-state index contributed by atoms with van der Waals surface area (Å²) in [5.41, 5.74) is 0. The van der Waals surface area contributed by atoms with Gasteiger partial charge in [0.2, 0.25) is 0 Å². The van der Waals surface area contributed by atoms with Crippen LogP contribution >= 0.6 is 0 Å². The SMILES string of the molecule is CCCCCCCCCCCCCCCCCCC(CCCCCCCCCCCCCCCCCC)CCCCC(CCC(C)CCCC(C)C)N1C=CNC1. The molecule has 1 rings (SSSR count). The number of hydrogen-bond acceptors (Lipinski definition) is 2. The Hall–Kier alpha value is -0.660. The van der Waals surface area contributed by atoms with Crippen LogP contribution in [0.2, 0.25) is 0 Å². The van der Waals surface area contributed by atoms with Gasteiger partial charge in [-0.05, 0) is 37.0 Å². The molecule has 0 fully saturated rings. The number of nitrogens with one attached hydrogen (secondary N) is 1. The first-order valence-electron chi connectivity index (χ1n) is 27.2. The van der Waals surface area contributed by atoms with Gasteiger partial charge >= 0.3 is 0 Å². The Kier molecular flexibility index (Phi) is 41.4. The van der Waals surface area contributed by atoms with E-state index in [1.165, 1.54) is 276 Å². The van der Waals surface area contributed by atoms with E-state index in [2.05, 4.69) is 57.2 Å². The Bertz CT molecular complexity index is 753. The third-order valence-electron chi connectivity index (χ3n) is 13.9. The zero-order valence-corrected chi connectivity index (χ0v) is 40.5. The van der Waals surface area contributed by atoms with Crippen molar-refractivity contribution in [3.8, 4) is 0 Å². The first-order valence-corrected chi connectivity index (χ1v) is 27.2. The lowest BCUT2D eigenvalue weighted by Gasteiger charge is -2.29. The van der Waals surface area contributed by atoms with Crippen LogP contribution in [0.1, 0.15) is 311 Å². The molecule has 2 nitrogen and oxygen atoms in total. The fraction of sp³-hybridized carbons (Fsp3) is 0.964. The molecular weight excluding hydrogens is 689 g/mol. The number of nitrogens with zero attached hydrogens (tertiary/aromatic N) is 1. The maximum atomic E-state index is 3.47. The highest BCUT2D eigenvalue weighted by Gasteiger charge is 2.19. The molecule has 0 aromatic heterocycles. The molecule has 2 atom stereocenters. The van der Waals surface area contributed by atoms with Crippen molar-refractivity contribution in [2.24, 2.45) is 17.8 Å². The summed E-state index contributed by atoms with van der Waals surface area (Å²) in [5, 5.41) is 3.47. The maximum absolute atomic E-state index is 3.47. The Morgan fingerprint density at radius 2 is 0.719 bits per heavy atom. The van der Waals surface area contributed by atoms with Gasteiger partial charge in [-0.15, -0.1) is 0 Å². The minimum Gasteiger partial charge on any atom is -0.373 e. The predicted octanol–water partition coefficient (Wildman–Crippen LogP) is 19.4. The van der Waals surface area contributed by atoms with Crippen molar-refractivity contribution in [3.05, 3.63) is 12.4 Å². The standard InChI is InChI=1S/C55H110N2/c1-6-8-10-12-14-16-18-20-22-24-26-28-30-32-34-36-43-54(44-37-35-33-31-29-27-25-23-21-19-17-15-13-11-9-7-2)45-38-39-46-55(57-50-49-56-51-57)48-47-53(5)42-40-41-52(3)4/h49-50,52-56H,6-48,51H2,1-5H3. The normalized spacial score (nSPS) is 14.1. The molecule has 0 aromatic carbocycles. The maximum Gasteiger partial charge on any atom is 0.0870 e. The third-order valence-corrected chi connectivity index (χ3v) is 13.9. The molecule has 0 aliphatic carbocycles. The highest BCUT2D eigenvalue weighted by molar-refractivity contribution is 4.91. The van der Waals surface area contributed by atoms with E-state index in [-0.39, 0.29) is 0 Å². The van der Waals surface area contributed by atoms with Crippen LogP contribution in [0.25, 0.3) is 0 Å². The molecule has 340 valence electrons.